The summed E-state index contributed by atoms with van der Waals surface area (Å²) in [5, 5.41) is 0. The first-order chi connectivity index (χ1) is 14.9. The van der Waals surface area contributed by atoms with Crippen molar-refractivity contribution in [2.75, 3.05) is 32.7 Å². The molecular weight excluding hydrogens is 414 g/mol. The Morgan fingerprint density at radius 1 is 0.903 bits per heavy atom. The maximum Gasteiger partial charge on any atom is 0.253 e. The number of rotatable bonds is 7. The SMILES string of the molecule is C=CCNS(=O)(=O)c1ccc(C(=O)N2CCN(C(=O)c3ccc(CC)cc3)CC2)cc1. The van der Waals surface area contributed by atoms with Gasteiger partial charge in [0, 0.05) is 43.9 Å². The Kier molecular flexibility index (Phi) is 7.25. The third-order valence-electron chi connectivity index (χ3n) is 5.29. The van der Waals surface area contributed by atoms with Crippen molar-refractivity contribution in [2.24, 2.45) is 0 Å². The van der Waals surface area contributed by atoms with Gasteiger partial charge in [0.1, 0.15) is 0 Å². The van der Waals surface area contributed by atoms with E-state index in [-0.39, 0.29) is 23.3 Å². The van der Waals surface area contributed by atoms with Crippen LogP contribution >= 0.6 is 0 Å². The van der Waals surface area contributed by atoms with E-state index in [9.17, 15) is 18.0 Å². The molecular formula is C23H27N3O4S. The Labute approximate surface area is 183 Å². The smallest absolute Gasteiger partial charge is 0.253 e. The van der Waals surface area contributed by atoms with E-state index in [1.807, 2.05) is 24.3 Å². The maximum absolute atomic E-state index is 12.8. The molecule has 0 aromatic heterocycles. The molecule has 1 fully saturated rings. The largest absolute Gasteiger partial charge is 0.335 e. The van der Waals surface area contributed by atoms with Gasteiger partial charge in [-0.3, -0.25) is 9.59 Å². The highest BCUT2D eigenvalue weighted by molar-refractivity contribution is 7.89. The van der Waals surface area contributed by atoms with E-state index in [2.05, 4.69) is 18.2 Å². The molecule has 2 amide bonds. The van der Waals surface area contributed by atoms with Gasteiger partial charge in [-0.15, -0.1) is 6.58 Å². The van der Waals surface area contributed by atoms with E-state index >= 15 is 0 Å². The maximum atomic E-state index is 12.8. The molecule has 2 aromatic rings. The average molecular weight is 442 g/mol. The molecule has 0 bridgehead atoms. The molecule has 0 atom stereocenters. The second-order valence-electron chi connectivity index (χ2n) is 7.30. The Morgan fingerprint density at radius 3 is 1.77 bits per heavy atom. The number of sulfonamides is 1. The van der Waals surface area contributed by atoms with Crippen LogP contribution in [-0.4, -0.2) is 62.8 Å². The van der Waals surface area contributed by atoms with Crippen molar-refractivity contribution in [3.8, 4) is 0 Å². The van der Waals surface area contributed by atoms with Crippen LogP contribution in [0.1, 0.15) is 33.2 Å². The van der Waals surface area contributed by atoms with Gasteiger partial charge in [-0.2, -0.15) is 0 Å². The number of nitrogens with zero attached hydrogens (tertiary/aromatic N) is 2. The average Bonchev–Trinajstić information content (AvgIpc) is 2.82. The van der Waals surface area contributed by atoms with Crippen LogP contribution in [0.3, 0.4) is 0 Å². The zero-order chi connectivity index (χ0) is 22.4. The number of carbonyl (C=O) groups excluding carboxylic acids is 2. The van der Waals surface area contributed by atoms with E-state index < -0.39 is 10.0 Å². The Hall–Kier alpha value is -2.97. The topological polar surface area (TPSA) is 86.8 Å². The summed E-state index contributed by atoms with van der Waals surface area (Å²) in [6.45, 7) is 7.46. The van der Waals surface area contributed by atoms with Crippen LogP contribution in [-0.2, 0) is 16.4 Å². The lowest BCUT2D eigenvalue weighted by atomic mass is 10.1. The fraction of sp³-hybridized carbons (Fsp3) is 0.304. The van der Waals surface area contributed by atoms with Gasteiger partial charge in [0.15, 0.2) is 0 Å². The molecule has 0 radical (unpaired) electrons. The predicted molar refractivity (Wildman–Crippen MR) is 119 cm³/mol. The zero-order valence-corrected chi connectivity index (χ0v) is 18.4. The number of carbonyl (C=O) groups is 2. The highest BCUT2D eigenvalue weighted by Crippen LogP contribution is 2.15. The standard InChI is InChI=1S/C23H27N3O4S/c1-3-13-24-31(29,30)21-11-9-20(10-12-21)23(28)26-16-14-25(15-17-26)22(27)19-7-5-18(4-2)6-8-19/h3,5-12,24H,1,4,13-17H2,2H3. The van der Waals surface area contributed by atoms with Crippen LogP contribution in [0, 0.1) is 0 Å². The number of nitrogens with one attached hydrogen (secondary N) is 1. The Balaban J connectivity index is 1.59. The fourth-order valence-electron chi connectivity index (χ4n) is 3.39. The molecule has 0 saturated carbocycles. The molecule has 1 aliphatic heterocycles. The number of hydrogen-bond donors (Lipinski definition) is 1. The molecule has 31 heavy (non-hydrogen) atoms. The number of amides is 2. The zero-order valence-electron chi connectivity index (χ0n) is 17.6. The number of piperazine rings is 1. The summed E-state index contributed by atoms with van der Waals surface area (Å²) in [7, 11) is -3.63. The summed E-state index contributed by atoms with van der Waals surface area (Å²) in [6.07, 6.45) is 2.38. The monoisotopic (exact) mass is 441 g/mol. The molecule has 164 valence electrons. The van der Waals surface area contributed by atoms with Gasteiger partial charge in [-0.25, -0.2) is 13.1 Å². The minimum Gasteiger partial charge on any atom is -0.335 e. The predicted octanol–water partition coefficient (Wildman–Crippen LogP) is 2.31. The van der Waals surface area contributed by atoms with Gasteiger partial charge in [0.2, 0.25) is 10.0 Å². The summed E-state index contributed by atoms with van der Waals surface area (Å²) in [6, 6.07) is 13.5. The number of benzene rings is 2. The van der Waals surface area contributed by atoms with Crippen molar-refractivity contribution in [2.45, 2.75) is 18.2 Å². The lowest BCUT2D eigenvalue weighted by molar-refractivity contribution is 0.0535. The summed E-state index contributed by atoms with van der Waals surface area (Å²) in [5.74, 6) is -0.210. The Bertz CT molecular complexity index is 1040. The van der Waals surface area contributed by atoms with Gasteiger partial charge >= 0.3 is 0 Å². The normalized spacial score (nSPS) is 14.4. The van der Waals surface area contributed by atoms with Crippen molar-refractivity contribution in [1.82, 2.24) is 14.5 Å². The van der Waals surface area contributed by atoms with Crippen molar-refractivity contribution in [3.05, 3.63) is 77.9 Å². The van der Waals surface area contributed by atoms with Gasteiger partial charge in [0.25, 0.3) is 11.8 Å². The van der Waals surface area contributed by atoms with Crippen molar-refractivity contribution >= 4 is 21.8 Å². The summed E-state index contributed by atoms with van der Waals surface area (Å²) in [5.41, 5.74) is 2.25. The molecule has 2 aromatic carbocycles. The van der Waals surface area contributed by atoms with Crippen LogP contribution in [0.4, 0.5) is 0 Å². The molecule has 3 rings (SSSR count). The van der Waals surface area contributed by atoms with Gasteiger partial charge in [-0.1, -0.05) is 25.1 Å². The highest BCUT2D eigenvalue weighted by Gasteiger charge is 2.26. The van der Waals surface area contributed by atoms with Crippen molar-refractivity contribution < 1.29 is 18.0 Å². The third-order valence-corrected chi connectivity index (χ3v) is 6.73. The van der Waals surface area contributed by atoms with E-state index in [1.54, 1.807) is 9.80 Å². The van der Waals surface area contributed by atoms with E-state index in [4.69, 9.17) is 0 Å². The summed E-state index contributed by atoms with van der Waals surface area (Å²) in [4.78, 5) is 29.0. The minimum atomic E-state index is -3.63. The van der Waals surface area contributed by atoms with Crippen molar-refractivity contribution in [3.63, 3.8) is 0 Å². The fourth-order valence-corrected chi connectivity index (χ4v) is 4.39. The molecule has 1 aliphatic rings. The molecule has 0 unspecified atom stereocenters. The molecule has 0 spiro atoms. The van der Waals surface area contributed by atoms with E-state index in [0.717, 1.165) is 6.42 Å². The van der Waals surface area contributed by atoms with Crippen LogP contribution in [0.25, 0.3) is 0 Å². The van der Waals surface area contributed by atoms with Crippen molar-refractivity contribution in [1.29, 1.82) is 0 Å². The molecule has 7 nitrogen and oxygen atoms in total. The molecule has 1 saturated heterocycles. The lowest BCUT2D eigenvalue weighted by Crippen LogP contribution is -2.50. The van der Waals surface area contributed by atoms with Crippen LogP contribution < -0.4 is 4.72 Å². The Morgan fingerprint density at radius 2 is 1.35 bits per heavy atom. The lowest BCUT2D eigenvalue weighted by Gasteiger charge is -2.35. The van der Waals surface area contributed by atoms with Crippen LogP contribution in [0.15, 0.2) is 66.1 Å². The minimum absolute atomic E-state index is 0.0312. The summed E-state index contributed by atoms with van der Waals surface area (Å²) >= 11 is 0. The first-order valence-corrected chi connectivity index (χ1v) is 11.7. The summed E-state index contributed by atoms with van der Waals surface area (Å²) < 4.78 is 26.7. The highest BCUT2D eigenvalue weighted by atomic mass is 32.2. The van der Waals surface area contributed by atoms with E-state index in [1.165, 1.54) is 35.9 Å². The molecule has 0 aliphatic carbocycles. The van der Waals surface area contributed by atoms with Gasteiger partial charge < -0.3 is 9.80 Å². The number of hydrogen-bond acceptors (Lipinski definition) is 4. The first-order valence-electron chi connectivity index (χ1n) is 10.2. The van der Waals surface area contributed by atoms with Crippen LogP contribution in [0.2, 0.25) is 0 Å². The number of aryl methyl sites for hydroxylation is 1. The molecule has 1 N–H and O–H groups in total. The van der Waals surface area contributed by atoms with E-state index in [0.29, 0.717) is 37.3 Å². The van der Waals surface area contributed by atoms with Gasteiger partial charge in [-0.05, 0) is 48.4 Å². The van der Waals surface area contributed by atoms with Crippen LogP contribution in [0.5, 0.6) is 0 Å². The molecule has 8 heteroatoms. The second kappa shape index (κ2) is 9.89. The third kappa shape index (κ3) is 5.39. The first kappa shape index (κ1) is 22.7. The quantitative estimate of drug-likeness (QED) is 0.668. The second-order valence-corrected chi connectivity index (χ2v) is 9.07. The molecule has 1 heterocycles. The van der Waals surface area contributed by atoms with Gasteiger partial charge in [0.05, 0.1) is 4.90 Å².